The van der Waals surface area contributed by atoms with E-state index in [-0.39, 0.29) is 12.3 Å². The smallest absolute Gasteiger partial charge is 0.219 e. The van der Waals surface area contributed by atoms with Crippen molar-refractivity contribution in [3.63, 3.8) is 0 Å². The van der Waals surface area contributed by atoms with Crippen LogP contribution in [0.5, 0.6) is 0 Å². The summed E-state index contributed by atoms with van der Waals surface area (Å²) in [7, 11) is 0. The first-order valence-corrected chi connectivity index (χ1v) is 6.58. The van der Waals surface area contributed by atoms with Gasteiger partial charge in [-0.1, -0.05) is 18.3 Å². The number of halogens is 1. The molecular formula is C12H16BrN3OS. The lowest BCUT2D eigenvalue weighted by Crippen LogP contribution is -2.36. The Kier molecular flexibility index (Phi) is 4.70. The summed E-state index contributed by atoms with van der Waals surface area (Å²) >= 11 is 8.44. The molecule has 98 valence electrons. The van der Waals surface area contributed by atoms with Gasteiger partial charge in [-0.25, -0.2) is 0 Å². The fraction of sp³-hybridized carbons (Fsp3) is 0.333. The Morgan fingerprint density at radius 3 is 2.56 bits per heavy atom. The van der Waals surface area contributed by atoms with E-state index in [1.807, 2.05) is 32.0 Å². The predicted octanol–water partition coefficient (Wildman–Crippen LogP) is 2.15. The average molecular weight is 330 g/mol. The maximum absolute atomic E-state index is 11.0. The molecule has 4 nitrogen and oxygen atoms in total. The second-order valence-electron chi connectivity index (χ2n) is 4.68. The van der Waals surface area contributed by atoms with Gasteiger partial charge in [0.15, 0.2) is 0 Å². The van der Waals surface area contributed by atoms with Gasteiger partial charge in [-0.3, -0.25) is 4.79 Å². The molecule has 0 aliphatic heterocycles. The summed E-state index contributed by atoms with van der Waals surface area (Å²) in [6.45, 7) is 3.78. The van der Waals surface area contributed by atoms with Gasteiger partial charge in [-0.15, -0.1) is 0 Å². The molecule has 1 aromatic rings. The highest BCUT2D eigenvalue weighted by Gasteiger charge is 2.22. The molecule has 0 bridgehead atoms. The minimum atomic E-state index is -0.466. The predicted molar refractivity (Wildman–Crippen MR) is 81.5 cm³/mol. The zero-order valence-corrected chi connectivity index (χ0v) is 12.7. The molecule has 1 amide bonds. The van der Waals surface area contributed by atoms with Crippen molar-refractivity contribution < 1.29 is 4.79 Å². The minimum absolute atomic E-state index is 0.219. The number of nitrogens with one attached hydrogen (secondary N) is 1. The Labute approximate surface area is 120 Å². The quantitative estimate of drug-likeness (QED) is 0.723. The van der Waals surface area contributed by atoms with Crippen LogP contribution in [0, 0.1) is 0 Å². The van der Waals surface area contributed by atoms with Crippen LogP contribution >= 0.6 is 28.1 Å². The summed E-state index contributed by atoms with van der Waals surface area (Å²) in [5.74, 6) is -0.362. The lowest BCUT2D eigenvalue weighted by atomic mass is 9.99. The van der Waals surface area contributed by atoms with E-state index in [1.54, 1.807) is 0 Å². The van der Waals surface area contributed by atoms with E-state index in [4.69, 9.17) is 23.7 Å². The molecule has 0 saturated heterocycles. The number of carbonyl (C=O) groups excluding carboxylic acids is 1. The van der Waals surface area contributed by atoms with Gasteiger partial charge in [0.25, 0.3) is 0 Å². The van der Waals surface area contributed by atoms with Crippen LogP contribution in [0.4, 0.5) is 5.69 Å². The number of hydrogen-bond acceptors (Lipinski definition) is 3. The van der Waals surface area contributed by atoms with Gasteiger partial charge in [0.2, 0.25) is 5.91 Å². The number of nitrogens with two attached hydrogens (primary N) is 2. The molecule has 6 heteroatoms. The molecule has 18 heavy (non-hydrogen) atoms. The molecule has 0 aliphatic carbocycles. The number of hydrogen-bond donors (Lipinski definition) is 3. The average Bonchev–Trinajstić information content (AvgIpc) is 2.13. The van der Waals surface area contributed by atoms with Gasteiger partial charge in [-0.2, -0.15) is 0 Å². The Bertz CT molecular complexity index is 488. The molecule has 0 atom stereocenters. The molecule has 0 aromatic heterocycles. The minimum Gasteiger partial charge on any atom is -0.389 e. The van der Waals surface area contributed by atoms with Crippen molar-refractivity contribution in [3.05, 3.63) is 28.2 Å². The number of rotatable bonds is 5. The van der Waals surface area contributed by atoms with E-state index in [0.29, 0.717) is 4.99 Å². The lowest BCUT2D eigenvalue weighted by Gasteiger charge is -2.27. The number of anilines is 1. The van der Waals surface area contributed by atoms with E-state index in [9.17, 15) is 4.79 Å². The summed E-state index contributed by atoms with van der Waals surface area (Å²) in [4.78, 5) is 11.3. The highest BCUT2D eigenvalue weighted by atomic mass is 79.9. The van der Waals surface area contributed by atoms with Crippen molar-refractivity contribution in [3.8, 4) is 0 Å². The summed E-state index contributed by atoms with van der Waals surface area (Å²) in [6, 6.07) is 5.59. The fourth-order valence-corrected chi connectivity index (χ4v) is 2.65. The molecule has 1 rings (SSSR count). The molecular weight excluding hydrogens is 314 g/mol. The largest absolute Gasteiger partial charge is 0.389 e. The van der Waals surface area contributed by atoms with E-state index < -0.39 is 5.54 Å². The van der Waals surface area contributed by atoms with Crippen LogP contribution in [0.3, 0.4) is 0 Å². The van der Waals surface area contributed by atoms with Crippen molar-refractivity contribution in [2.75, 3.05) is 5.32 Å². The van der Waals surface area contributed by atoms with Gasteiger partial charge in [0.1, 0.15) is 4.99 Å². The van der Waals surface area contributed by atoms with E-state index >= 15 is 0 Å². The van der Waals surface area contributed by atoms with Crippen LogP contribution < -0.4 is 16.8 Å². The molecule has 0 fully saturated rings. The van der Waals surface area contributed by atoms with Crippen LogP contribution in [-0.4, -0.2) is 16.4 Å². The van der Waals surface area contributed by atoms with E-state index in [2.05, 4.69) is 21.2 Å². The van der Waals surface area contributed by atoms with Crippen LogP contribution in [0.25, 0.3) is 0 Å². The lowest BCUT2D eigenvalue weighted by molar-refractivity contribution is -0.118. The standard InChI is InChI=1S/C12H16BrN3OS/c1-12(2,6-9(14)17)16-8-5-3-4-7(13)10(8)11(15)18/h3-5,16H,6H2,1-2H3,(H2,14,17)(H2,15,18). The molecule has 5 N–H and O–H groups in total. The third kappa shape index (κ3) is 3.96. The monoisotopic (exact) mass is 329 g/mol. The summed E-state index contributed by atoms with van der Waals surface area (Å²) < 4.78 is 0.815. The SMILES string of the molecule is CC(C)(CC(N)=O)Nc1cccc(Br)c1C(N)=S. The summed E-state index contributed by atoms with van der Waals surface area (Å²) in [5, 5.41) is 3.24. The van der Waals surface area contributed by atoms with Gasteiger partial charge in [0, 0.05) is 27.7 Å². The number of carbonyl (C=O) groups is 1. The number of amides is 1. The molecule has 0 radical (unpaired) electrons. The fourth-order valence-electron chi connectivity index (χ4n) is 1.72. The van der Waals surface area contributed by atoms with Crippen LogP contribution in [0.1, 0.15) is 25.8 Å². The van der Waals surface area contributed by atoms with Gasteiger partial charge >= 0.3 is 0 Å². The molecule has 0 aliphatic rings. The maximum Gasteiger partial charge on any atom is 0.219 e. The van der Waals surface area contributed by atoms with Crippen LogP contribution in [0.2, 0.25) is 0 Å². The van der Waals surface area contributed by atoms with Crippen molar-refractivity contribution in [1.29, 1.82) is 0 Å². The Hall–Kier alpha value is -1.14. The van der Waals surface area contributed by atoms with Crippen LogP contribution in [0.15, 0.2) is 22.7 Å². The van der Waals surface area contributed by atoms with Gasteiger partial charge < -0.3 is 16.8 Å². The zero-order valence-electron chi connectivity index (χ0n) is 10.3. The van der Waals surface area contributed by atoms with Gasteiger partial charge in [-0.05, 0) is 41.9 Å². The van der Waals surface area contributed by atoms with Crippen molar-refractivity contribution in [2.45, 2.75) is 25.8 Å². The molecule has 0 heterocycles. The third-order valence-corrected chi connectivity index (χ3v) is 3.21. The molecule has 0 saturated carbocycles. The maximum atomic E-state index is 11.0. The Balaban J connectivity index is 3.08. The summed E-state index contributed by atoms with van der Waals surface area (Å²) in [6.07, 6.45) is 0.219. The highest BCUT2D eigenvalue weighted by molar-refractivity contribution is 9.10. The van der Waals surface area contributed by atoms with Crippen molar-refractivity contribution in [2.24, 2.45) is 11.5 Å². The first-order chi connectivity index (χ1) is 8.23. The Morgan fingerprint density at radius 2 is 2.06 bits per heavy atom. The van der Waals surface area contributed by atoms with Gasteiger partial charge in [0.05, 0.1) is 0 Å². The Morgan fingerprint density at radius 1 is 1.44 bits per heavy atom. The normalized spacial score (nSPS) is 11.1. The molecule has 1 aromatic carbocycles. The first-order valence-electron chi connectivity index (χ1n) is 5.38. The van der Waals surface area contributed by atoms with Crippen LogP contribution in [-0.2, 0) is 4.79 Å². The zero-order chi connectivity index (χ0) is 13.9. The van der Waals surface area contributed by atoms with Crippen molar-refractivity contribution >= 4 is 44.7 Å². The van der Waals surface area contributed by atoms with E-state index in [1.165, 1.54) is 0 Å². The second-order valence-corrected chi connectivity index (χ2v) is 5.97. The number of primary amides is 1. The topological polar surface area (TPSA) is 81.1 Å². The first kappa shape index (κ1) is 14.9. The van der Waals surface area contributed by atoms with Crippen molar-refractivity contribution in [1.82, 2.24) is 0 Å². The second kappa shape index (κ2) is 5.67. The van der Waals surface area contributed by atoms with E-state index in [0.717, 1.165) is 15.7 Å². The molecule has 0 spiro atoms. The number of benzene rings is 1. The highest BCUT2D eigenvalue weighted by Crippen LogP contribution is 2.27. The molecule has 0 unspecified atom stereocenters. The summed E-state index contributed by atoms with van der Waals surface area (Å²) in [5.41, 5.74) is 12.0. The third-order valence-electron chi connectivity index (χ3n) is 2.35. The number of thiocarbonyl (C=S) groups is 1.